The molecule has 1 aliphatic heterocycles. The number of aromatic nitrogens is 2. The van der Waals surface area contributed by atoms with Gasteiger partial charge in [0.15, 0.2) is 5.11 Å². The number of aryl methyl sites for hydroxylation is 2. The fourth-order valence-corrected chi connectivity index (χ4v) is 2.46. The average molecular weight is 317 g/mol. The molecular formula is C13H21ClN4OS. The van der Waals surface area contributed by atoms with Crippen LogP contribution in [0.15, 0.2) is 6.20 Å². The smallest absolute Gasteiger partial charge is 0.166 e. The third-order valence-corrected chi connectivity index (χ3v) is 3.91. The van der Waals surface area contributed by atoms with Crippen molar-refractivity contribution in [1.29, 1.82) is 0 Å². The number of hydrogen-bond donors (Lipinski definition) is 2. The topological polar surface area (TPSA) is 51.1 Å². The molecule has 0 saturated carbocycles. The standard InChI is InChI=1S/C13H21ClN4OS/c1-10-12(14)9-18(17-10)6-3-5-15-13(20)16-8-11-4-2-7-19-11/h9,11H,2-8H2,1H3,(H2,15,16,20). The lowest BCUT2D eigenvalue weighted by molar-refractivity contribution is 0.114. The van der Waals surface area contributed by atoms with E-state index in [4.69, 9.17) is 28.6 Å². The fourth-order valence-electron chi connectivity index (χ4n) is 2.13. The molecule has 0 spiro atoms. The maximum atomic E-state index is 5.95. The third-order valence-electron chi connectivity index (χ3n) is 3.25. The van der Waals surface area contributed by atoms with E-state index >= 15 is 0 Å². The highest BCUT2D eigenvalue weighted by molar-refractivity contribution is 7.80. The maximum Gasteiger partial charge on any atom is 0.166 e. The first kappa shape index (κ1) is 15.5. The van der Waals surface area contributed by atoms with Gasteiger partial charge in [-0.3, -0.25) is 4.68 Å². The molecular weight excluding hydrogens is 296 g/mol. The first-order chi connectivity index (χ1) is 9.65. The Hall–Kier alpha value is -0.850. The highest BCUT2D eigenvalue weighted by atomic mass is 35.5. The van der Waals surface area contributed by atoms with Gasteiger partial charge >= 0.3 is 0 Å². The zero-order valence-corrected chi connectivity index (χ0v) is 13.3. The van der Waals surface area contributed by atoms with Gasteiger partial charge in [-0.05, 0) is 38.4 Å². The molecule has 2 rings (SSSR count). The minimum absolute atomic E-state index is 0.309. The second-order valence-electron chi connectivity index (χ2n) is 4.95. The molecule has 1 aromatic heterocycles. The number of rotatable bonds is 6. The zero-order chi connectivity index (χ0) is 14.4. The van der Waals surface area contributed by atoms with Crippen molar-refractivity contribution in [3.05, 3.63) is 16.9 Å². The summed E-state index contributed by atoms with van der Waals surface area (Å²) in [6, 6.07) is 0. The lowest BCUT2D eigenvalue weighted by Crippen LogP contribution is -2.39. The molecule has 0 bridgehead atoms. The Balaban J connectivity index is 1.54. The van der Waals surface area contributed by atoms with Crippen LogP contribution in [-0.4, -0.2) is 40.7 Å². The quantitative estimate of drug-likeness (QED) is 0.620. The summed E-state index contributed by atoms with van der Waals surface area (Å²) in [4.78, 5) is 0. The van der Waals surface area contributed by atoms with Gasteiger partial charge in [-0.15, -0.1) is 0 Å². The largest absolute Gasteiger partial charge is 0.376 e. The zero-order valence-electron chi connectivity index (χ0n) is 11.7. The van der Waals surface area contributed by atoms with Crippen LogP contribution < -0.4 is 10.6 Å². The van der Waals surface area contributed by atoms with Gasteiger partial charge in [0.05, 0.1) is 16.8 Å². The van der Waals surface area contributed by atoms with Crippen LogP contribution in [0.1, 0.15) is 25.0 Å². The number of nitrogens with one attached hydrogen (secondary N) is 2. The van der Waals surface area contributed by atoms with Gasteiger partial charge in [0.2, 0.25) is 0 Å². The van der Waals surface area contributed by atoms with E-state index < -0.39 is 0 Å². The SMILES string of the molecule is Cc1nn(CCCNC(=S)NCC2CCCO2)cc1Cl. The van der Waals surface area contributed by atoms with Gasteiger partial charge in [0, 0.05) is 32.4 Å². The summed E-state index contributed by atoms with van der Waals surface area (Å²) in [6.07, 6.45) is 5.38. The van der Waals surface area contributed by atoms with Gasteiger partial charge in [-0.1, -0.05) is 11.6 Å². The Morgan fingerprint density at radius 2 is 2.45 bits per heavy atom. The number of thiocarbonyl (C=S) groups is 1. The van der Waals surface area contributed by atoms with Crippen LogP contribution in [0, 0.1) is 6.92 Å². The molecule has 1 saturated heterocycles. The van der Waals surface area contributed by atoms with Crippen LogP contribution in [0.3, 0.4) is 0 Å². The van der Waals surface area contributed by atoms with Crippen LogP contribution in [0.2, 0.25) is 5.02 Å². The first-order valence-corrected chi connectivity index (χ1v) is 7.76. The molecule has 7 heteroatoms. The summed E-state index contributed by atoms with van der Waals surface area (Å²) in [5.41, 5.74) is 0.869. The Bertz CT molecular complexity index is 426. The Morgan fingerprint density at radius 3 is 3.10 bits per heavy atom. The van der Waals surface area contributed by atoms with Crippen molar-refractivity contribution in [1.82, 2.24) is 20.4 Å². The molecule has 1 aliphatic rings. The lowest BCUT2D eigenvalue weighted by atomic mass is 10.2. The molecule has 2 N–H and O–H groups in total. The maximum absolute atomic E-state index is 5.95. The van der Waals surface area contributed by atoms with Crippen molar-refractivity contribution in [2.75, 3.05) is 19.7 Å². The molecule has 0 amide bonds. The van der Waals surface area contributed by atoms with Crippen molar-refractivity contribution in [3.63, 3.8) is 0 Å². The monoisotopic (exact) mass is 316 g/mol. The van der Waals surface area contributed by atoms with E-state index in [-0.39, 0.29) is 0 Å². The summed E-state index contributed by atoms with van der Waals surface area (Å²) in [5, 5.41) is 12.1. The molecule has 1 atom stereocenters. The molecule has 0 radical (unpaired) electrons. The molecule has 5 nitrogen and oxygen atoms in total. The summed E-state index contributed by atoms with van der Waals surface area (Å²) in [7, 11) is 0. The second kappa shape index (κ2) is 7.81. The van der Waals surface area contributed by atoms with Gasteiger partial charge in [0.25, 0.3) is 0 Å². The van der Waals surface area contributed by atoms with E-state index in [0.717, 1.165) is 51.2 Å². The van der Waals surface area contributed by atoms with E-state index in [9.17, 15) is 0 Å². The lowest BCUT2D eigenvalue weighted by Gasteiger charge is -2.13. The van der Waals surface area contributed by atoms with Crippen LogP contribution in [0.5, 0.6) is 0 Å². The van der Waals surface area contributed by atoms with E-state index in [1.165, 1.54) is 0 Å². The van der Waals surface area contributed by atoms with Crippen molar-refractivity contribution < 1.29 is 4.74 Å². The number of nitrogens with zero attached hydrogens (tertiary/aromatic N) is 2. The average Bonchev–Trinajstić information content (AvgIpc) is 3.03. The molecule has 0 aliphatic carbocycles. The molecule has 1 unspecified atom stereocenters. The molecule has 0 aromatic carbocycles. The first-order valence-electron chi connectivity index (χ1n) is 6.98. The van der Waals surface area contributed by atoms with E-state index in [1.807, 2.05) is 17.8 Å². The molecule has 1 aromatic rings. The predicted octanol–water partition coefficient (Wildman–Crippen LogP) is 1.88. The Kier molecular flexibility index (Phi) is 6.06. The normalized spacial score (nSPS) is 18.2. The minimum atomic E-state index is 0.309. The molecule has 2 heterocycles. The van der Waals surface area contributed by atoms with E-state index in [0.29, 0.717) is 16.2 Å². The van der Waals surface area contributed by atoms with Crippen molar-refractivity contribution >= 4 is 28.9 Å². The highest BCUT2D eigenvalue weighted by Crippen LogP contribution is 2.12. The number of halogens is 1. The van der Waals surface area contributed by atoms with Gasteiger partial charge in [-0.2, -0.15) is 5.10 Å². The van der Waals surface area contributed by atoms with Gasteiger partial charge in [-0.25, -0.2) is 0 Å². The summed E-state index contributed by atoms with van der Waals surface area (Å²) >= 11 is 11.2. The van der Waals surface area contributed by atoms with Crippen LogP contribution in [0.25, 0.3) is 0 Å². The third kappa shape index (κ3) is 4.92. The summed E-state index contributed by atoms with van der Waals surface area (Å²) in [6.45, 7) is 5.21. The predicted molar refractivity (Wildman–Crippen MR) is 84.2 cm³/mol. The summed E-state index contributed by atoms with van der Waals surface area (Å²) < 4.78 is 7.39. The van der Waals surface area contributed by atoms with E-state index in [2.05, 4.69) is 15.7 Å². The van der Waals surface area contributed by atoms with E-state index in [1.54, 1.807) is 0 Å². The molecule has 20 heavy (non-hydrogen) atoms. The Labute approximate surface area is 130 Å². The highest BCUT2D eigenvalue weighted by Gasteiger charge is 2.14. The second-order valence-corrected chi connectivity index (χ2v) is 5.77. The summed E-state index contributed by atoms with van der Waals surface area (Å²) in [5.74, 6) is 0. The number of ether oxygens (including phenoxy) is 1. The minimum Gasteiger partial charge on any atom is -0.376 e. The van der Waals surface area contributed by atoms with Crippen LogP contribution in [0.4, 0.5) is 0 Å². The van der Waals surface area contributed by atoms with Gasteiger partial charge < -0.3 is 15.4 Å². The Morgan fingerprint density at radius 1 is 1.60 bits per heavy atom. The van der Waals surface area contributed by atoms with Crippen LogP contribution in [-0.2, 0) is 11.3 Å². The molecule has 1 fully saturated rings. The van der Waals surface area contributed by atoms with Crippen molar-refractivity contribution in [2.24, 2.45) is 0 Å². The number of hydrogen-bond acceptors (Lipinski definition) is 3. The van der Waals surface area contributed by atoms with Gasteiger partial charge in [0.1, 0.15) is 0 Å². The van der Waals surface area contributed by atoms with Crippen molar-refractivity contribution in [2.45, 2.75) is 38.8 Å². The van der Waals surface area contributed by atoms with Crippen LogP contribution >= 0.6 is 23.8 Å². The fraction of sp³-hybridized carbons (Fsp3) is 0.692. The van der Waals surface area contributed by atoms with Crippen molar-refractivity contribution in [3.8, 4) is 0 Å². The molecule has 112 valence electrons.